The minimum atomic E-state index is -0.514. The van der Waals surface area contributed by atoms with E-state index in [-0.39, 0.29) is 18.3 Å². The summed E-state index contributed by atoms with van der Waals surface area (Å²) in [6.07, 6.45) is 2.71. The molecule has 1 aromatic rings. The van der Waals surface area contributed by atoms with Gasteiger partial charge in [-0.3, -0.25) is 15.0 Å². The number of nitro benzene ring substituents is 1. The second kappa shape index (κ2) is 5.76. The largest absolute Gasteiger partial charge is 0.283 e. The molecule has 1 heterocycles. The molecule has 1 fully saturated rings. The number of rotatable bonds is 3. The summed E-state index contributed by atoms with van der Waals surface area (Å²) >= 11 is 0. The summed E-state index contributed by atoms with van der Waals surface area (Å²) in [5.74, 6) is -0.494. The first-order chi connectivity index (χ1) is 9.11. The van der Waals surface area contributed by atoms with Gasteiger partial charge in [0.05, 0.1) is 17.0 Å². The van der Waals surface area contributed by atoms with Crippen molar-refractivity contribution in [3.63, 3.8) is 0 Å². The molecule has 0 spiro atoms. The van der Waals surface area contributed by atoms with Gasteiger partial charge in [-0.25, -0.2) is 4.39 Å². The van der Waals surface area contributed by atoms with Crippen molar-refractivity contribution in [1.82, 2.24) is 4.90 Å². The van der Waals surface area contributed by atoms with Gasteiger partial charge in [0.1, 0.15) is 5.82 Å². The number of likely N-dealkylation sites (tertiary alicyclic amines) is 1. The summed E-state index contributed by atoms with van der Waals surface area (Å²) in [4.78, 5) is 12.3. The molecule has 0 saturated carbocycles. The van der Waals surface area contributed by atoms with Gasteiger partial charge >= 0.3 is 0 Å². The summed E-state index contributed by atoms with van der Waals surface area (Å²) in [5, 5.41) is 20.0. The summed E-state index contributed by atoms with van der Waals surface area (Å²) in [7, 11) is 0. The Hall–Kier alpha value is -2.00. The van der Waals surface area contributed by atoms with Gasteiger partial charge in [0.25, 0.3) is 5.69 Å². The Balaban J connectivity index is 2.24. The second-order valence-corrected chi connectivity index (χ2v) is 4.64. The van der Waals surface area contributed by atoms with Crippen LogP contribution in [-0.4, -0.2) is 22.4 Å². The van der Waals surface area contributed by atoms with Crippen LogP contribution in [0.1, 0.15) is 24.8 Å². The van der Waals surface area contributed by atoms with Crippen LogP contribution in [0.4, 0.5) is 10.1 Å². The van der Waals surface area contributed by atoms with Gasteiger partial charge in [0.2, 0.25) is 0 Å². The van der Waals surface area contributed by atoms with Crippen molar-refractivity contribution >= 4 is 5.69 Å². The molecule has 1 aliphatic rings. The highest BCUT2D eigenvalue weighted by molar-refractivity contribution is 5.40. The van der Waals surface area contributed by atoms with Crippen molar-refractivity contribution in [3.8, 4) is 6.07 Å². The topological polar surface area (TPSA) is 70.2 Å². The van der Waals surface area contributed by atoms with Crippen LogP contribution in [0.2, 0.25) is 0 Å². The van der Waals surface area contributed by atoms with Crippen LogP contribution in [0.3, 0.4) is 0 Å². The first-order valence-corrected chi connectivity index (χ1v) is 6.18. The second-order valence-electron chi connectivity index (χ2n) is 4.64. The lowest BCUT2D eigenvalue weighted by atomic mass is 10.0. The Morgan fingerprint density at radius 1 is 1.53 bits per heavy atom. The van der Waals surface area contributed by atoms with Crippen molar-refractivity contribution in [2.75, 3.05) is 6.54 Å². The van der Waals surface area contributed by atoms with Crippen molar-refractivity contribution in [1.29, 1.82) is 5.26 Å². The van der Waals surface area contributed by atoms with Crippen molar-refractivity contribution in [2.45, 2.75) is 31.8 Å². The maximum absolute atomic E-state index is 13.2. The van der Waals surface area contributed by atoms with Gasteiger partial charge in [-0.15, -0.1) is 0 Å². The first kappa shape index (κ1) is 13.4. The smallest absolute Gasteiger partial charge is 0.274 e. The third kappa shape index (κ3) is 3.06. The zero-order valence-corrected chi connectivity index (χ0v) is 10.4. The molecule has 0 aliphatic carbocycles. The van der Waals surface area contributed by atoms with E-state index in [0.717, 1.165) is 25.3 Å². The summed E-state index contributed by atoms with van der Waals surface area (Å²) in [5.41, 5.74) is 0.232. The maximum Gasteiger partial charge on any atom is 0.274 e. The SMILES string of the molecule is N#CC1CCCCN1Cc1cc(F)ccc1[N+](=O)[O-]. The number of nitrogens with zero attached hydrogens (tertiary/aromatic N) is 3. The van der Waals surface area contributed by atoms with Gasteiger partial charge < -0.3 is 0 Å². The van der Waals surface area contributed by atoms with E-state index in [2.05, 4.69) is 6.07 Å². The molecule has 1 atom stereocenters. The summed E-state index contributed by atoms with van der Waals surface area (Å²) < 4.78 is 13.2. The Morgan fingerprint density at radius 3 is 3.00 bits per heavy atom. The molecule has 6 heteroatoms. The minimum absolute atomic E-state index is 0.0938. The highest BCUT2D eigenvalue weighted by Gasteiger charge is 2.25. The highest BCUT2D eigenvalue weighted by Crippen LogP contribution is 2.25. The zero-order valence-electron chi connectivity index (χ0n) is 10.4. The van der Waals surface area contributed by atoms with Gasteiger partial charge in [-0.05, 0) is 37.9 Å². The molecule has 0 amide bonds. The van der Waals surface area contributed by atoms with Crippen molar-refractivity contribution in [3.05, 3.63) is 39.7 Å². The summed E-state index contributed by atoms with van der Waals surface area (Å²) in [6, 6.07) is 5.40. The third-order valence-electron chi connectivity index (χ3n) is 3.37. The molecule has 0 radical (unpaired) electrons. The lowest BCUT2D eigenvalue weighted by molar-refractivity contribution is -0.385. The van der Waals surface area contributed by atoms with Gasteiger partial charge in [-0.1, -0.05) is 0 Å². The standard InChI is InChI=1S/C13H14FN3O2/c14-11-4-5-13(17(18)19)10(7-11)9-16-6-2-1-3-12(16)8-15/h4-5,7,12H,1-3,6,9H2. The van der Waals surface area contributed by atoms with E-state index in [4.69, 9.17) is 5.26 Å². The number of nitro groups is 1. The van der Waals surface area contributed by atoms with E-state index in [1.165, 1.54) is 12.1 Å². The van der Waals surface area contributed by atoms with Crippen LogP contribution < -0.4 is 0 Å². The Morgan fingerprint density at radius 2 is 2.32 bits per heavy atom. The van der Waals surface area contributed by atoms with Crippen LogP contribution in [-0.2, 0) is 6.54 Å². The maximum atomic E-state index is 13.2. The first-order valence-electron chi connectivity index (χ1n) is 6.18. The molecular formula is C13H14FN3O2. The molecule has 1 aromatic carbocycles. The molecule has 100 valence electrons. The number of hydrogen-bond donors (Lipinski definition) is 0. The molecule has 19 heavy (non-hydrogen) atoms. The molecule has 0 bridgehead atoms. The predicted molar refractivity (Wildman–Crippen MR) is 66.7 cm³/mol. The van der Waals surface area contributed by atoms with Gasteiger partial charge in [0, 0.05) is 18.2 Å². The predicted octanol–water partition coefficient (Wildman–Crippen LogP) is 2.61. The van der Waals surface area contributed by atoms with E-state index in [9.17, 15) is 14.5 Å². The Bertz CT molecular complexity index is 527. The van der Waals surface area contributed by atoms with Crippen molar-refractivity contribution < 1.29 is 9.31 Å². The number of piperidine rings is 1. The molecule has 0 N–H and O–H groups in total. The Labute approximate surface area is 110 Å². The van der Waals surface area contributed by atoms with Crippen LogP contribution in [0.25, 0.3) is 0 Å². The average Bonchev–Trinajstić information content (AvgIpc) is 2.39. The fraction of sp³-hybridized carbons (Fsp3) is 0.462. The third-order valence-corrected chi connectivity index (χ3v) is 3.37. The highest BCUT2D eigenvalue weighted by atomic mass is 19.1. The molecule has 2 rings (SSSR count). The lowest BCUT2D eigenvalue weighted by Gasteiger charge is -2.31. The normalized spacial score (nSPS) is 19.9. The number of nitriles is 1. The summed E-state index contributed by atoms with van der Waals surface area (Å²) in [6.45, 7) is 0.957. The number of halogens is 1. The fourth-order valence-corrected chi connectivity index (χ4v) is 2.40. The van der Waals surface area contributed by atoms with E-state index in [1.54, 1.807) is 0 Å². The molecular weight excluding hydrogens is 249 g/mol. The molecule has 1 unspecified atom stereocenters. The van der Waals surface area contributed by atoms with Crippen LogP contribution in [0, 0.1) is 27.3 Å². The van der Waals surface area contributed by atoms with Crippen LogP contribution in [0.15, 0.2) is 18.2 Å². The molecule has 5 nitrogen and oxygen atoms in total. The quantitative estimate of drug-likeness (QED) is 0.620. The molecule has 0 aromatic heterocycles. The lowest BCUT2D eigenvalue weighted by Crippen LogP contribution is -2.38. The monoisotopic (exact) mass is 263 g/mol. The zero-order chi connectivity index (χ0) is 13.8. The number of benzene rings is 1. The minimum Gasteiger partial charge on any atom is -0.283 e. The molecule has 1 saturated heterocycles. The van der Waals surface area contributed by atoms with Gasteiger partial charge in [0.15, 0.2) is 0 Å². The van der Waals surface area contributed by atoms with Crippen LogP contribution >= 0.6 is 0 Å². The van der Waals surface area contributed by atoms with Crippen molar-refractivity contribution in [2.24, 2.45) is 0 Å². The number of hydrogen-bond acceptors (Lipinski definition) is 4. The van der Waals surface area contributed by atoms with Gasteiger partial charge in [-0.2, -0.15) is 5.26 Å². The van der Waals surface area contributed by atoms with E-state index in [0.29, 0.717) is 12.1 Å². The van der Waals surface area contributed by atoms with Crippen LogP contribution in [0.5, 0.6) is 0 Å². The van der Waals surface area contributed by atoms with E-state index >= 15 is 0 Å². The Kier molecular flexibility index (Phi) is 4.07. The molecule has 1 aliphatic heterocycles. The average molecular weight is 263 g/mol. The van der Waals surface area contributed by atoms with E-state index < -0.39 is 10.7 Å². The van der Waals surface area contributed by atoms with E-state index in [1.807, 2.05) is 4.90 Å². The fourth-order valence-electron chi connectivity index (χ4n) is 2.40.